The molecule has 8 N–H and O–H groups in total. The Kier molecular flexibility index (Phi) is 8.08. The average molecular weight is 264 g/mol. The summed E-state index contributed by atoms with van der Waals surface area (Å²) in [5.41, 5.74) is 18.5. The molecule has 6 nitrogen and oxygen atoms in total. The number of fused-ring (bicyclic) bond motifs is 3. The van der Waals surface area contributed by atoms with E-state index in [0.29, 0.717) is 0 Å². The van der Waals surface area contributed by atoms with Crippen molar-refractivity contribution in [1.29, 1.82) is 0 Å². The summed E-state index contributed by atoms with van der Waals surface area (Å²) in [5.74, 6) is 0. The maximum absolute atomic E-state index is 4.62. The van der Waals surface area contributed by atoms with Crippen molar-refractivity contribution in [2.45, 2.75) is 0 Å². The number of nitrogens with two attached hydrogens (primary N) is 4. The molecule has 0 unspecified atom stereocenters. The monoisotopic (exact) mass is 264 g/mol. The van der Waals surface area contributed by atoms with E-state index in [0.717, 1.165) is 0 Å². The lowest BCUT2D eigenvalue weighted by Crippen LogP contribution is -2.55. The number of nitrogens with zero attached hydrogens (tertiary/aromatic N) is 2. The Morgan fingerprint density at radius 3 is 0.812 bits per heavy atom. The van der Waals surface area contributed by atoms with Crippen LogP contribution in [0.3, 0.4) is 0 Å². The van der Waals surface area contributed by atoms with Crippen LogP contribution in [0.4, 0.5) is 0 Å². The van der Waals surface area contributed by atoms with Crippen molar-refractivity contribution >= 4 is 34.7 Å². The molecule has 0 atom stereocenters. The summed E-state index contributed by atoms with van der Waals surface area (Å²) >= 11 is 8.19. The molecular formula is C8H20N6S2. The number of hydrogen-bond acceptors (Lipinski definition) is 4. The van der Waals surface area contributed by atoms with Gasteiger partial charge in [0.15, 0.2) is 10.2 Å². The van der Waals surface area contributed by atoms with Crippen molar-refractivity contribution < 1.29 is 0 Å². The molecule has 3 saturated heterocycles. The summed E-state index contributed by atoms with van der Waals surface area (Å²) < 4.78 is 0. The van der Waals surface area contributed by atoms with Gasteiger partial charge >= 0.3 is 0 Å². The number of piperazine rings is 3. The molecule has 3 aliphatic heterocycles. The van der Waals surface area contributed by atoms with Crippen molar-refractivity contribution in [2.24, 2.45) is 22.9 Å². The lowest BCUT2D eigenvalue weighted by molar-refractivity contribution is 0.0647. The maximum Gasteiger partial charge on any atom is 0.160 e. The van der Waals surface area contributed by atoms with Crippen LogP contribution in [0.2, 0.25) is 0 Å². The van der Waals surface area contributed by atoms with Crippen LogP contribution in [0.25, 0.3) is 0 Å². The topological polar surface area (TPSA) is 111 Å². The third-order valence-electron chi connectivity index (χ3n) is 2.20. The van der Waals surface area contributed by atoms with Crippen LogP contribution in [0.15, 0.2) is 0 Å². The Morgan fingerprint density at radius 2 is 0.750 bits per heavy atom. The molecule has 16 heavy (non-hydrogen) atoms. The lowest BCUT2D eigenvalue weighted by atomic mass is 10.2. The van der Waals surface area contributed by atoms with Gasteiger partial charge < -0.3 is 22.9 Å². The van der Waals surface area contributed by atoms with Gasteiger partial charge in [-0.05, 0) is 24.4 Å². The first-order chi connectivity index (χ1) is 7.41. The van der Waals surface area contributed by atoms with Crippen molar-refractivity contribution in [3.8, 4) is 0 Å². The second kappa shape index (κ2) is 8.45. The molecule has 0 radical (unpaired) electrons. The predicted octanol–water partition coefficient (Wildman–Crippen LogP) is -2.00. The first-order valence-electron chi connectivity index (χ1n) is 4.96. The average Bonchev–Trinajstić information content (AvgIpc) is 2.19. The molecule has 3 heterocycles. The summed E-state index contributed by atoms with van der Waals surface area (Å²) in [6.45, 7) is 7.92. The molecule has 0 aliphatic carbocycles. The minimum atomic E-state index is 0.000000000000000222. The molecular weight excluding hydrogens is 244 g/mol. The van der Waals surface area contributed by atoms with E-state index in [2.05, 4.69) is 57.2 Å². The molecule has 0 aromatic carbocycles. The summed E-state index contributed by atoms with van der Waals surface area (Å²) in [4.78, 5) is 5.08. The Balaban J connectivity index is 0.000000244. The fourth-order valence-electron chi connectivity index (χ4n) is 1.52. The van der Waals surface area contributed by atoms with Gasteiger partial charge in [0.2, 0.25) is 0 Å². The highest BCUT2D eigenvalue weighted by Crippen LogP contribution is 2.06. The minimum Gasteiger partial charge on any atom is -0.377 e. The second-order valence-corrected chi connectivity index (χ2v) is 4.43. The first kappa shape index (κ1) is 15.3. The van der Waals surface area contributed by atoms with Crippen LogP contribution in [0.5, 0.6) is 0 Å². The molecule has 8 heteroatoms. The zero-order chi connectivity index (χ0) is 12.6. The standard InChI is InChI=1S/C6H12N2.2CH4N2S/c1-2-8-5-3-7(1)4-6-8;2*2-1(3)4/h1-6H2;2*(H4,2,3,4). The van der Waals surface area contributed by atoms with Gasteiger partial charge in [-0.2, -0.15) is 0 Å². The van der Waals surface area contributed by atoms with E-state index in [4.69, 9.17) is 0 Å². The molecule has 0 spiro atoms. The zero-order valence-electron chi connectivity index (χ0n) is 9.26. The van der Waals surface area contributed by atoms with E-state index in [1.54, 1.807) is 0 Å². The molecule has 0 saturated carbocycles. The largest absolute Gasteiger partial charge is 0.377 e. The van der Waals surface area contributed by atoms with E-state index in [9.17, 15) is 0 Å². The van der Waals surface area contributed by atoms with Gasteiger partial charge in [-0.3, -0.25) is 9.80 Å². The van der Waals surface area contributed by atoms with Gasteiger partial charge in [-0.15, -0.1) is 0 Å². The highest BCUT2D eigenvalue weighted by atomic mass is 32.1. The quantitative estimate of drug-likeness (QED) is 0.372. The summed E-state index contributed by atoms with van der Waals surface area (Å²) in [6.07, 6.45) is 0. The van der Waals surface area contributed by atoms with E-state index >= 15 is 0 Å². The van der Waals surface area contributed by atoms with Crippen LogP contribution >= 0.6 is 24.4 Å². The number of thiocarbonyl (C=S) groups is 2. The Morgan fingerprint density at radius 1 is 0.625 bits per heavy atom. The van der Waals surface area contributed by atoms with Crippen LogP contribution in [-0.2, 0) is 0 Å². The van der Waals surface area contributed by atoms with E-state index in [1.807, 2.05) is 0 Å². The highest BCUT2D eigenvalue weighted by Gasteiger charge is 2.21. The normalized spacial score (nSPS) is 25.5. The predicted molar refractivity (Wildman–Crippen MR) is 74.8 cm³/mol. The van der Waals surface area contributed by atoms with Gasteiger partial charge in [0.1, 0.15) is 0 Å². The first-order valence-corrected chi connectivity index (χ1v) is 5.78. The lowest BCUT2D eigenvalue weighted by Gasteiger charge is -2.41. The van der Waals surface area contributed by atoms with Crippen molar-refractivity contribution in [3.63, 3.8) is 0 Å². The van der Waals surface area contributed by atoms with Crippen LogP contribution < -0.4 is 22.9 Å². The van der Waals surface area contributed by atoms with Gasteiger partial charge in [-0.1, -0.05) is 0 Å². The van der Waals surface area contributed by atoms with Gasteiger partial charge in [0.25, 0.3) is 0 Å². The second-order valence-electron chi connectivity index (χ2n) is 3.49. The van der Waals surface area contributed by atoms with Crippen molar-refractivity contribution in [1.82, 2.24) is 9.80 Å². The molecule has 3 fully saturated rings. The molecule has 2 bridgehead atoms. The number of hydrogen-bond donors (Lipinski definition) is 4. The van der Waals surface area contributed by atoms with Crippen molar-refractivity contribution in [3.05, 3.63) is 0 Å². The Hall–Kier alpha value is -0.700. The van der Waals surface area contributed by atoms with Crippen LogP contribution in [0.1, 0.15) is 0 Å². The fraction of sp³-hybridized carbons (Fsp3) is 0.750. The molecule has 94 valence electrons. The molecule has 3 rings (SSSR count). The molecule has 0 aromatic rings. The van der Waals surface area contributed by atoms with Gasteiger partial charge in [-0.25, -0.2) is 0 Å². The summed E-state index contributed by atoms with van der Waals surface area (Å²) in [7, 11) is 0. The van der Waals surface area contributed by atoms with E-state index in [1.165, 1.54) is 39.3 Å². The van der Waals surface area contributed by atoms with E-state index in [-0.39, 0.29) is 10.2 Å². The molecule has 3 aliphatic rings. The maximum atomic E-state index is 4.62. The van der Waals surface area contributed by atoms with Crippen LogP contribution in [-0.4, -0.2) is 59.3 Å². The summed E-state index contributed by atoms with van der Waals surface area (Å²) in [6, 6.07) is 0. The molecule has 0 aromatic heterocycles. The van der Waals surface area contributed by atoms with Crippen molar-refractivity contribution in [2.75, 3.05) is 39.3 Å². The Bertz CT molecular complexity index is 184. The summed E-state index contributed by atoms with van der Waals surface area (Å²) in [5, 5.41) is 0.000000000000000444. The SMILES string of the molecule is C1CN2CCN1CC2.NC(N)=S.NC(N)=S. The number of rotatable bonds is 0. The minimum absolute atomic E-state index is 0.000000000000000222. The fourth-order valence-corrected chi connectivity index (χ4v) is 1.52. The Labute approximate surface area is 107 Å². The zero-order valence-corrected chi connectivity index (χ0v) is 10.9. The third kappa shape index (κ3) is 9.84. The van der Waals surface area contributed by atoms with Gasteiger partial charge in [0, 0.05) is 39.3 Å². The smallest absolute Gasteiger partial charge is 0.160 e. The van der Waals surface area contributed by atoms with Gasteiger partial charge in [0.05, 0.1) is 0 Å². The van der Waals surface area contributed by atoms with Crippen LogP contribution in [0, 0.1) is 0 Å². The molecule has 0 amide bonds. The highest BCUT2D eigenvalue weighted by molar-refractivity contribution is 7.80. The third-order valence-corrected chi connectivity index (χ3v) is 2.20. The van der Waals surface area contributed by atoms with E-state index < -0.39 is 0 Å².